The molecule has 16 heavy (non-hydrogen) atoms. The second-order valence-electron chi connectivity index (χ2n) is 3.55. The summed E-state index contributed by atoms with van der Waals surface area (Å²) in [7, 11) is 0. The van der Waals surface area contributed by atoms with Crippen molar-refractivity contribution in [1.29, 1.82) is 0 Å². The highest BCUT2D eigenvalue weighted by molar-refractivity contribution is 6.31. The molecule has 0 aliphatic rings. The highest BCUT2D eigenvalue weighted by atomic mass is 35.5. The van der Waals surface area contributed by atoms with E-state index in [1.54, 1.807) is 6.07 Å². The van der Waals surface area contributed by atoms with Gasteiger partial charge in [0, 0.05) is 11.4 Å². The minimum absolute atomic E-state index is 0.431. The molecule has 0 amide bonds. The number of hydrogen-bond acceptors (Lipinski definition) is 3. The molecule has 2 rings (SSSR count). The first-order chi connectivity index (χ1) is 7.66. The number of nitrogens with zero attached hydrogens (tertiary/aromatic N) is 1. The molecule has 82 valence electrons. The summed E-state index contributed by atoms with van der Waals surface area (Å²) >= 11 is 6.07. The molecule has 0 spiro atoms. The maximum Gasteiger partial charge on any atom is 0.129 e. The van der Waals surface area contributed by atoms with Gasteiger partial charge in [-0.2, -0.15) is 0 Å². The lowest BCUT2D eigenvalue weighted by molar-refractivity contribution is 1.16. The molecule has 0 saturated heterocycles. The molecule has 2 aromatic rings. The van der Waals surface area contributed by atoms with E-state index in [2.05, 4.69) is 4.98 Å². The van der Waals surface area contributed by atoms with E-state index in [-0.39, 0.29) is 0 Å². The van der Waals surface area contributed by atoms with Crippen molar-refractivity contribution in [2.24, 2.45) is 0 Å². The average molecular weight is 234 g/mol. The predicted octanol–water partition coefficient (Wildman–Crippen LogP) is 2.49. The Bertz CT molecular complexity index is 511. The number of rotatable bonds is 2. The first kappa shape index (κ1) is 10.8. The zero-order valence-electron chi connectivity index (χ0n) is 8.65. The Morgan fingerprint density at radius 2 is 1.75 bits per heavy atom. The smallest absolute Gasteiger partial charge is 0.129 e. The fraction of sp³-hybridized carbons (Fsp3) is 0.0833. The topological polar surface area (TPSA) is 64.9 Å². The van der Waals surface area contributed by atoms with Crippen molar-refractivity contribution in [3.05, 3.63) is 52.5 Å². The highest BCUT2D eigenvalue weighted by Gasteiger charge is 2.05. The quantitative estimate of drug-likeness (QED) is 0.838. The molecule has 0 unspecified atom stereocenters. The van der Waals surface area contributed by atoms with Crippen molar-refractivity contribution in [2.75, 3.05) is 11.5 Å². The van der Waals surface area contributed by atoms with E-state index in [0.717, 1.165) is 16.1 Å². The van der Waals surface area contributed by atoms with Crippen molar-refractivity contribution in [3.63, 3.8) is 0 Å². The molecule has 0 radical (unpaired) electrons. The van der Waals surface area contributed by atoms with Gasteiger partial charge in [-0.05, 0) is 23.3 Å². The Morgan fingerprint density at radius 1 is 1.00 bits per heavy atom. The molecule has 0 bridgehead atoms. The number of benzene rings is 1. The van der Waals surface area contributed by atoms with E-state index in [0.29, 0.717) is 18.1 Å². The summed E-state index contributed by atoms with van der Waals surface area (Å²) in [6, 6.07) is 11.3. The van der Waals surface area contributed by atoms with Crippen LogP contribution >= 0.6 is 11.6 Å². The monoisotopic (exact) mass is 233 g/mol. The Kier molecular flexibility index (Phi) is 2.97. The molecule has 0 aliphatic carbocycles. The zero-order valence-corrected chi connectivity index (χ0v) is 9.41. The Labute approximate surface area is 99.1 Å². The van der Waals surface area contributed by atoms with Crippen molar-refractivity contribution in [2.45, 2.75) is 6.42 Å². The van der Waals surface area contributed by atoms with Crippen LogP contribution in [0.15, 0.2) is 36.4 Å². The van der Waals surface area contributed by atoms with Gasteiger partial charge in [0.25, 0.3) is 0 Å². The van der Waals surface area contributed by atoms with Crippen molar-refractivity contribution in [3.8, 4) is 0 Å². The van der Waals surface area contributed by atoms with Gasteiger partial charge in [0.1, 0.15) is 11.6 Å². The standard InChI is InChI=1S/C12H12ClN3/c13-10-4-2-1-3-8(10)7-9-5-6-11(14)16-12(9)15/h1-6H,7H2,(H4,14,15,16). The summed E-state index contributed by atoms with van der Waals surface area (Å²) in [6.07, 6.45) is 0.665. The van der Waals surface area contributed by atoms with Crippen LogP contribution in [0, 0.1) is 0 Å². The van der Waals surface area contributed by atoms with Gasteiger partial charge in [0.2, 0.25) is 0 Å². The minimum Gasteiger partial charge on any atom is -0.384 e. The summed E-state index contributed by atoms with van der Waals surface area (Å²) in [5, 5.41) is 0.735. The number of pyridine rings is 1. The fourth-order valence-electron chi connectivity index (χ4n) is 1.52. The van der Waals surface area contributed by atoms with Gasteiger partial charge in [-0.25, -0.2) is 4.98 Å². The SMILES string of the molecule is Nc1ccc(Cc2ccccc2Cl)c(N)n1. The van der Waals surface area contributed by atoms with Crippen LogP contribution in [0.2, 0.25) is 5.02 Å². The summed E-state index contributed by atoms with van der Waals surface area (Å²) in [4.78, 5) is 4.01. The molecule has 1 heterocycles. The van der Waals surface area contributed by atoms with Crippen LogP contribution in [0.25, 0.3) is 0 Å². The first-order valence-electron chi connectivity index (χ1n) is 4.91. The third-order valence-corrected chi connectivity index (χ3v) is 2.74. The molecule has 0 fully saturated rings. The van der Waals surface area contributed by atoms with Crippen LogP contribution in [0.5, 0.6) is 0 Å². The number of hydrogen-bond donors (Lipinski definition) is 2. The Balaban J connectivity index is 2.31. The van der Waals surface area contributed by atoms with E-state index in [1.165, 1.54) is 0 Å². The maximum absolute atomic E-state index is 6.07. The molecule has 1 aromatic carbocycles. The van der Waals surface area contributed by atoms with Gasteiger partial charge in [-0.3, -0.25) is 0 Å². The van der Waals surface area contributed by atoms with Gasteiger partial charge in [0.05, 0.1) is 0 Å². The highest BCUT2D eigenvalue weighted by Crippen LogP contribution is 2.21. The van der Waals surface area contributed by atoms with E-state index < -0.39 is 0 Å². The summed E-state index contributed by atoms with van der Waals surface area (Å²) in [5.74, 6) is 0.889. The molecule has 4 N–H and O–H groups in total. The third kappa shape index (κ3) is 2.25. The number of nitrogens with two attached hydrogens (primary N) is 2. The van der Waals surface area contributed by atoms with E-state index in [9.17, 15) is 0 Å². The number of halogens is 1. The Morgan fingerprint density at radius 3 is 2.44 bits per heavy atom. The van der Waals surface area contributed by atoms with Gasteiger partial charge < -0.3 is 11.5 Å². The number of aromatic nitrogens is 1. The van der Waals surface area contributed by atoms with Crippen LogP contribution in [0.1, 0.15) is 11.1 Å². The molecule has 0 aliphatic heterocycles. The van der Waals surface area contributed by atoms with Crippen LogP contribution in [-0.2, 0) is 6.42 Å². The van der Waals surface area contributed by atoms with Crippen LogP contribution in [-0.4, -0.2) is 4.98 Å². The van der Waals surface area contributed by atoms with Crippen molar-refractivity contribution < 1.29 is 0 Å². The van der Waals surface area contributed by atoms with Crippen molar-refractivity contribution in [1.82, 2.24) is 4.98 Å². The van der Waals surface area contributed by atoms with Crippen LogP contribution < -0.4 is 11.5 Å². The van der Waals surface area contributed by atoms with Crippen LogP contribution in [0.4, 0.5) is 11.6 Å². The maximum atomic E-state index is 6.07. The number of anilines is 2. The molecule has 3 nitrogen and oxygen atoms in total. The van der Waals surface area contributed by atoms with Crippen molar-refractivity contribution >= 4 is 23.2 Å². The van der Waals surface area contributed by atoms with Gasteiger partial charge >= 0.3 is 0 Å². The molecule has 4 heteroatoms. The molecule has 1 aromatic heterocycles. The normalized spacial score (nSPS) is 10.3. The lowest BCUT2D eigenvalue weighted by Gasteiger charge is -2.07. The molecular weight excluding hydrogens is 222 g/mol. The largest absolute Gasteiger partial charge is 0.384 e. The van der Waals surface area contributed by atoms with E-state index in [1.807, 2.05) is 30.3 Å². The fourth-order valence-corrected chi connectivity index (χ4v) is 1.72. The molecule has 0 saturated carbocycles. The first-order valence-corrected chi connectivity index (χ1v) is 5.29. The van der Waals surface area contributed by atoms with Gasteiger partial charge in [-0.15, -0.1) is 0 Å². The summed E-state index contributed by atoms with van der Waals surface area (Å²) in [5.41, 5.74) is 13.3. The zero-order chi connectivity index (χ0) is 11.5. The predicted molar refractivity (Wildman–Crippen MR) is 67.3 cm³/mol. The second-order valence-corrected chi connectivity index (χ2v) is 3.96. The number of nitrogen functional groups attached to an aromatic ring is 2. The van der Waals surface area contributed by atoms with Crippen LogP contribution in [0.3, 0.4) is 0 Å². The minimum atomic E-state index is 0.431. The Hall–Kier alpha value is -1.74. The summed E-state index contributed by atoms with van der Waals surface area (Å²) in [6.45, 7) is 0. The van der Waals surface area contributed by atoms with E-state index >= 15 is 0 Å². The molecule has 0 atom stereocenters. The average Bonchev–Trinajstić information content (AvgIpc) is 2.25. The van der Waals surface area contributed by atoms with Gasteiger partial charge in [0.15, 0.2) is 0 Å². The second kappa shape index (κ2) is 4.41. The third-order valence-electron chi connectivity index (χ3n) is 2.37. The lowest BCUT2D eigenvalue weighted by Crippen LogP contribution is -2.01. The van der Waals surface area contributed by atoms with E-state index in [4.69, 9.17) is 23.1 Å². The van der Waals surface area contributed by atoms with Gasteiger partial charge in [-0.1, -0.05) is 35.9 Å². The summed E-state index contributed by atoms with van der Waals surface area (Å²) < 4.78 is 0. The lowest BCUT2D eigenvalue weighted by atomic mass is 10.1. The molecular formula is C12H12ClN3.